The Morgan fingerprint density at radius 2 is 1.74 bits per heavy atom. The fraction of sp³-hybridized carbons (Fsp3) is 0.289. The van der Waals surface area contributed by atoms with Crippen molar-refractivity contribution in [3.8, 4) is 16.3 Å². The van der Waals surface area contributed by atoms with Gasteiger partial charge in [0.2, 0.25) is 0 Å². The van der Waals surface area contributed by atoms with E-state index in [9.17, 15) is 9.90 Å². The lowest BCUT2D eigenvalue weighted by Crippen LogP contribution is -2.47. The molecule has 2 aliphatic rings. The predicted molar refractivity (Wildman–Crippen MR) is 209 cm³/mol. The minimum atomic E-state index is -0.406. The third-order valence-corrected chi connectivity index (χ3v) is 12.3. The van der Waals surface area contributed by atoms with Gasteiger partial charge in [0, 0.05) is 29.1 Å². The van der Waals surface area contributed by atoms with Gasteiger partial charge in [-0.25, -0.2) is 14.8 Å². The van der Waals surface area contributed by atoms with Gasteiger partial charge < -0.3 is 20.2 Å². The summed E-state index contributed by atoms with van der Waals surface area (Å²) in [4.78, 5) is 27.8. The maximum atomic E-state index is 13.4. The Bertz CT molecular complexity index is 2270. The van der Waals surface area contributed by atoms with Crippen LogP contribution in [-0.4, -0.2) is 52.2 Å². The molecule has 2 aromatic heterocycles. The molecule has 8 nitrogen and oxygen atoms in total. The summed E-state index contributed by atoms with van der Waals surface area (Å²) >= 11 is 15.7. The summed E-state index contributed by atoms with van der Waals surface area (Å²) in [5.74, 6) is 0.198. The van der Waals surface area contributed by atoms with Gasteiger partial charge in [-0.05, 0) is 91.5 Å². The van der Waals surface area contributed by atoms with Crippen molar-refractivity contribution in [2.45, 2.75) is 39.0 Å². The summed E-state index contributed by atoms with van der Waals surface area (Å²) in [6.45, 7) is 10.4. The molecule has 1 fully saturated rings. The molecule has 0 aliphatic carbocycles. The van der Waals surface area contributed by atoms with Crippen molar-refractivity contribution in [2.75, 3.05) is 41.7 Å². The number of benzene rings is 4. The zero-order chi connectivity index (χ0) is 34.8. The van der Waals surface area contributed by atoms with Crippen molar-refractivity contribution in [2.24, 2.45) is 5.41 Å². The zero-order valence-corrected chi connectivity index (χ0v) is 31.0. The molecule has 2 aliphatic heterocycles. The highest BCUT2D eigenvalue weighted by atomic mass is 35.5. The Balaban J connectivity index is 1.18. The number of aromatic hydroxyl groups is 1. The zero-order valence-electron chi connectivity index (χ0n) is 27.9. The van der Waals surface area contributed by atoms with Crippen LogP contribution in [0.2, 0.25) is 10.0 Å². The van der Waals surface area contributed by atoms with Gasteiger partial charge in [-0.2, -0.15) is 0 Å². The molecule has 1 saturated heterocycles. The normalized spacial score (nSPS) is 16.0. The van der Waals surface area contributed by atoms with E-state index in [0.29, 0.717) is 27.4 Å². The first-order valence-corrected chi connectivity index (χ1v) is 19.0. The minimum absolute atomic E-state index is 0.192. The molecule has 6 aromatic rings. The van der Waals surface area contributed by atoms with Crippen LogP contribution < -0.4 is 15.5 Å². The van der Waals surface area contributed by atoms with Crippen LogP contribution in [0.1, 0.15) is 39.2 Å². The number of urea groups is 1. The number of phenols is 1. The highest BCUT2D eigenvalue weighted by Crippen LogP contribution is 2.57. The summed E-state index contributed by atoms with van der Waals surface area (Å²) in [5.41, 5.74) is 5.87. The molecular weight excluding hydrogens is 707 g/mol. The molecule has 0 atom stereocenters. The lowest BCUT2D eigenvalue weighted by Gasteiger charge is -2.42. The van der Waals surface area contributed by atoms with E-state index in [1.807, 2.05) is 60.7 Å². The standard InChI is InChI=1S/C38H36Cl2N6O2S2/c1-37(2,3)20-45-17-15-38(16-18-45)21-46(32-29(47)14-12-23(31(32)38)34-41-27-9-6-7-24(40)33(27)50-34)28-10-5-4-8-25(28)42-35(48)44-36-43-26-13-11-22(39)19-30(26)49-36/h4-14,19,47H,15-18,20-21H2,1-3H3,(H2,42,43,44,48). The summed E-state index contributed by atoms with van der Waals surface area (Å²) in [6, 6.07) is 22.4. The molecule has 4 aromatic carbocycles. The average molecular weight is 744 g/mol. The summed E-state index contributed by atoms with van der Waals surface area (Å²) in [6.07, 6.45) is 1.85. The number of amides is 2. The highest BCUT2D eigenvalue weighted by Gasteiger charge is 2.49. The number of aromatic nitrogens is 2. The van der Waals surface area contributed by atoms with Crippen molar-refractivity contribution >= 4 is 94.5 Å². The highest BCUT2D eigenvalue weighted by molar-refractivity contribution is 7.22. The Morgan fingerprint density at radius 3 is 2.52 bits per heavy atom. The maximum absolute atomic E-state index is 13.4. The van der Waals surface area contributed by atoms with Gasteiger partial charge >= 0.3 is 6.03 Å². The number of likely N-dealkylation sites (tertiary alicyclic amines) is 1. The molecule has 1 spiro atoms. The van der Waals surface area contributed by atoms with Crippen LogP contribution in [0.25, 0.3) is 31.0 Å². The molecule has 0 saturated carbocycles. The largest absolute Gasteiger partial charge is 0.506 e. The Morgan fingerprint density at radius 1 is 0.940 bits per heavy atom. The lowest BCUT2D eigenvalue weighted by atomic mass is 9.72. The molecular formula is C38H36Cl2N6O2S2. The summed E-state index contributed by atoms with van der Waals surface area (Å²) in [7, 11) is 0. The van der Waals surface area contributed by atoms with Crippen molar-refractivity contribution in [3.63, 3.8) is 0 Å². The van der Waals surface area contributed by atoms with Crippen molar-refractivity contribution < 1.29 is 9.90 Å². The number of nitrogens with zero attached hydrogens (tertiary/aromatic N) is 4. The molecule has 3 N–H and O–H groups in total. The predicted octanol–water partition coefficient (Wildman–Crippen LogP) is 10.8. The Hall–Kier alpha value is -3.93. The van der Waals surface area contributed by atoms with Gasteiger partial charge in [0.1, 0.15) is 10.8 Å². The second-order valence-corrected chi connectivity index (χ2v) is 17.3. The Labute approximate surface area is 308 Å². The summed E-state index contributed by atoms with van der Waals surface area (Å²) in [5, 5.41) is 20.3. The number of anilines is 4. The topological polar surface area (TPSA) is 93.6 Å². The fourth-order valence-electron chi connectivity index (χ4n) is 7.50. The van der Waals surface area contributed by atoms with Crippen molar-refractivity contribution in [3.05, 3.63) is 88.4 Å². The third kappa shape index (κ3) is 6.17. The first-order chi connectivity index (χ1) is 24.0. The number of para-hydroxylation sites is 2. The van der Waals surface area contributed by atoms with E-state index in [-0.39, 0.29) is 16.6 Å². The number of rotatable bonds is 5. The van der Waals surface area contributed by atoms with Crippen LogP contribution in [0.4, 0.5) is 27.0 Å². The minimum Gasteiger partial charge on any atom is -0.506 e. The molecule has 2 amide bonds. The van der Waals surface area contributed by atoms with E-state index < -0.39 is 6.03 Å². The van der Waals surface area contributed by atoms with E-state index in [0.717, 1.165) is 80.4 Å². The second kappa shape index (κ2) is 12.7. The lowest BCUT2D eigenvalue weighted by molar-refractivity contribution is 0.125. The third-order valence-electron chi connectivity index (χ3n) is 9.54. The van der Waals surface area contributed by atoms with Crippen LogP contribution >= 0.6 is 45.9 Å². The number of carbonyl (C=O) groups is 1. The number of nitrogens with one attached hydrogen (secondary N) is 2. The van der Waals surface area contributed by atoms with Crippen molar-refractivity contribution in [1.29, 1.82) is 0 Å². The first kappa shape index (κ1) is 33.2. The molecule has 0 radical (unpaired) electrons. The van der Waals surface area contributed by atoms with Gasteiger partial charge in [-0.15, -0.1) is 11.3 Å². The van der Waals surface area contributed by atoms with E-state index in [1.165, 1.54) is 11.3 Å². The molecule has 4 heterocycles. The van der Waals surface area contributed by atoms with Crippen LogP contribution in [0.3, 0.4) is 0 Å². The van der Waals surface area contributed by atoms with Gasteiger partial charge in [0.05, 0.1) is 42.5 Å². The number of hydrogen-bond donors (Lipinski definition) is 3. The Kier molecular flexibility index (Phi) is 8.43. The van der Waals surface area contributed by atoms with Crippen LogP contribution in [0.15, 0.2) is 72.8 Å². The smallest absolute Gasteiger partial charge is 0.325 e. The van der Waals surface area contributed by atoms with Crippen LogP contribution in [0, 0.1) is 5.41 Å². The van der Waals surface area contributed by atoms with Gasteiger partial charge in [-0.1, -0.05) is 73.5 Å². The SMILES string of the molecule is CC(C)(C)CN1CCC2(CC1)CN(c1ccccc1NC(=O)Nc1nc3ccc(Cl)cc3s1)c1c(O)ccc(-c3nc4cccc(Cl)c4s3)c12. The molecule has 0 unspecified atom stereocenters. The molecule has 12 heteroatoms. The van der Waals surface area contributed by atoms with Crippen LogP contribution in [-0.2, 0) is 5.41 Å². The molecule has 50 heavy (non-hydrogen) atoms. The van der Waals surface area contributed by atoms with Gasteiger partial charge in [-0.3, -0.25) is 5.32 Å². The quantitative estimate of drug-likeness (QED) is 0.163. The van der Waals surface area contributed by atoms with Crippen molar-refractivity contribution in [1.82, 2.24) is 14.9 Å². The van der Waals surface area contributed by atoms with Crippen LogP contribution in [0.5, 0.6) is 5.75 Å². The number of halogens is 2. The molecule has 256 valence electrons. The number of carbonyl (C=O) groups excluding carboxylic acids is 1. The number of phenolic OH excluding ortho intramolecular Hbond substituents is 1. The monoisotopic (exact) mass is 742 g/mol. The van der Waals surface area contributed by atoms with E-state index in [4.69, 9.17) is 28.2 Å². The van der Waals surface area contributed by atoms with Gasteiger partial charge in [0.25, 0.3) is 0 Å². The van der Waals surface area contributed by atoms with E-state index in [1.54, 1.807) is 23.5 Å². The first-order valence-electron chi connectivity index (χ1n) is 16.6. The maximum Gasteiger partial charge on any atom is 0.325 e. The average Bonchev–Trinajstić information content (AvgIpc) is 3.77. The second-order valence-electron chi connectivity index (χ2n) is 14.4. The number of fused-ring (bicyclic) bond motifs is 4. The summed E-state index contributed by atoms with van der Waals surface area (Å²) < 4.78 is 1.84. The number of thiazole rings is 2. The van der Waals surface area contributed by atoms with E-state index in [2.05, 4.69) is 46.2 Å². The van der Waals surface area contributed by atoms with E-state index >= 15 is 0 Å². The van der Waals surface area contributed by atoms with Gasteiger partial charge in [0.15, 0.2) is 5.13 Å². The number of piperidine rings is 1. The molecule has 0 bridgehead atoms. The molecule has 8 rings (SSSR count). The number of hydrogen-bond acceptors (Lipinski definition) is 8. The fourth-order valence-corrected chi connectivity index (χ4v) is 9.92.